The van der Waals surface area contributed by atoms with Gasteiger partial charge in [0, 0.05) is 16.7 Å². The van der Waals surface area contributed by atoms with Crippen molar-refractivity contribution >= 4 is 29.4 Å². The number of aromatic hydroxyl groups is 1. The van der Waals surface area contributed by atoms with E-state index in [-0.39, 0.29) is 22.6 Å². The summed E-state index contributed by atoms with van der Waals surface area (Å²) in [7, 11) is 0. The Morgan fingerprint density at radius 1 is 1.33 bits per heavy atom. The molecule has 0 spiro atoms. The van der Waals surface area contributed by atoms with Gasteiger partial charge in [0.15, 0.2) is 11.5 Å². The van der Waals surface area contributed by atoms with Crippen molar-refractivity contribution in [3.05, 3.63) is 56.6 Å². The molecule has 1 aliphatic rings. The minimum Gasteiger partial charge on any atom is -0.502 e. The molecule has 1 aliphatic heterocycles. The van der Waals surface area contributed by atoms with E-state index in [0.29, 0.717) is 11.5 Å². The second-order valence-corrected chi connectivity index (χ2v) is 8.12. The number of nitrogens with zero attached hydrogens (tertiary/aromatic N) is 2. The van der Waals surface area contributed by atoms with E-state index in [2.05, 4.69) is 31.3 Å². The molecule has 0 fully saturated rings. The van der Waals surface area contributed by atoms with Crippen LogP contribution < -0.4 is 14.9 Å². The lowest BCUT2D eigenvalue weighted by atomic mass is 9.87. The highest BCUT2D eigenvalue weighted by Gasteiger charge is 2.28. The molecule has 1 unspecified atom stereocenters. The zero-order chi connectivity index (χ0) is 22.1. The zero-order valence-electron chi connectivity index (χ0n) is 16.5. The fourth-order valence-corrected chi connectivity index (χ4v) is 2.97. The molecule has 0 aliphatic carbocycles. The Labute approximate surface area is 177 Å². The minimum atomic E-state index is -0.938. The Balaban J connectivity index is 1.70. The number of benzene rings is 2. The summed E-state index contributed by atoms with van der Waals surface area (Å²) in [5.41, 5.74) is 2.62. The van der Waals surface area contributed by atoms with E-state index in [9.17, 15) is 20.0 Å². The predicted octanol–water partition coefficient (Wildman–Crippen LogP) is 3.54. The fourth-order valence-electron chi connectivity index (χ4n) is 2.75. The maximum absolute atomic E-state index is 12.4. The molecule has 158 valence electrons. The van der Waals surface area contributed by atoms with E-state index in [1.807, 2.05) is 12.1 Å². The third-order valence-corrected chi connectivity index (χ3v) is 4.64. The Morgan fingerprint density at radius 2 is 2.07 bits per heavy atom. The maximum Gasteiger partial charge on any atom is 0.312 e. The quantitative estimate of drug-likeness (QED) is 0.432. The number of ether oxygens (including phenoxy) is 2. The second-order valence-electron chi connectivity index (χ2n) is 7.68. The molecule has 0 aromatic heterocycles. The number of nitro groups is 1. The number of hydrazone groups is 1. The summed E-state index contributed by atoms with van der Waals surface area (Å²) >= 11 is 5.82. The normalized spacial score (nSPS) is 15.8. The average molecular weight is 434 g/mol. The molecule has 10 heteroatoms. The monoisotopic (exact) mass is 433 g/mol. The van der Waals surface area contributed by atoms with Gasteiger partial charge in [-0.05, 0) is 29.2 Å². The van der Waals surface area contributed by atoms with Gasteiger partial charge in [-0.3, -0.25) is 14.9 Å². The Bertz CT molecular complexity index is 1030. The number of phenolic OH excluding ortho intramolecular Hbond substituents is 1. The summed E-state index contributed by atoms with van der Waals surface area (Å²) in [5.74, 6) is -0.176. The third kappa shape index (κ3) is 4.62. The zero-order valence-corrected chi connectivity index (χ0v) is 17.3. The molecular weight excluding hydrogens is 414 g/mol. The first-order valence-corrected chi connectivity index (χ1v) is 9.38. The number of carbonyl (C=O) groups is 1. The van der Waals surface area contributed by atoms with Crippen molar-refractivity contribution in [1.29, 1.82) is 0 Å². The van der Waals surface area contributed by atoms with Crippen LogP contribution in [0.3, 0.4) is 0 Å². The summed E-state index contributed by atoms with van der Waals surface area (Å²) < 4.78 is 11.4. The molecule has 1 heterocycles. The van der Waals surface area contributed by atoms with Gasteiger partial charge in [-0.1, -0.05) is 38.4 Å². The van der Waals surface area contributed by atoms with Crippen molar-refractivity contribution in [1.82, 2.24) is 5.43 Å². The van der Waals surface area contributed by atoms with Crippen LogP contribution in [0.5, 0.6) is 17.2 Å². The van der Waals surface area contributed by atoms with Crippen molar-refractivity contribution in [3.8, 4) is 17.2 Å². The molecule has 2 N–H and O–H groups in total. The van der Waals surface area contributed by atoms with Crippen molar-refractivity contribution in [2.75, 3.05) is 6.61 Å². The molecule has 3 rings (SSSR count). The minimum absolute atomic E-state index is 0.00287. The van der Waals surface area contributed by atoms with Gasteiger partial charge in [0.05, 0.1) is 11.1 Å². The van der Waals surface area contributed by atoms with E-state index >= 15 is 0 Å². The molecule has 0 saturated heterocycles. The Kier molecular flexibility index (Phi) is 5.84. The molecule has 0 saturated carbocycles. The van der Waals surface area contributed by atoms with Crippen molar-refractivity contribution in [2.45, 2.75) is 32.3 Å². The summed E-state index contributed by atoms with van der Waals surface area (Å²) in [4.78, 5) is 22.6. The average Bonchev–Trinajstić information content (AvgIpc) is 2.68. The van der Waals surface area contributed by atoms with Crippen LogP contribution in [0.25, 0.3) is 0 Å². The van der Waals surface area contributed by atoms with Crippen LogP contribution >= 0.6 is 11.6 Å². The number of nitro benzene ring substituents is 1. The number of hydrogen-bond donors (Lipinski definition) is 2. The number of phenols is 1. The van der Waals surface area contributed by atoms with Gasteiger partial charge in [0.2, 0.25) is 11.9 Å². The summed E-state index contributed by atoms with van der Waals surface area (Å²) in [5, 5.41) is 24.7. The summed E-state index contributed by atoms with van der Waals surface area (Å²) in [6, 6.07) is 7.88. The third-order valence-electron chi connectivity index (χ3n) is 4.42. The fraction of sp³-hybridized carbons (Fsp3) is 0.300. The van der Waals surface area contributed by atoms with E-state index in [0.717, 1.165) is 17.8 Å². The van der Waals surface area contributed by atoms with Crippen molar-refractivity contribution in [3.63, 3.8) is 0 Å². The van der Waals surface area contributed by atoms with Gasteiger partial charge >= 0.3 is 5.69 Å². The summed E-state index contributed by atoms with van der Waals surface area (Å²) in [6.45, 7) is 6.18. The SMILES string of the molecule is CC(C)(C)c1ccc2c(c1)OC(C(=O)N/N=C/c1cc(Cl)cc([N+](=O)[O-])c1O)CO2. The van der Waals surface area contributed by atoms with E-state index < -0.39 is 28.4 Å². The largest absolute Gasteiger partial charge is 0.502 e. The molecule has 30 heavy (non-hydrogen) atoms. The molecule has 0 radical (unpaired) electrons. The molecule has 9 nitrogen and oxygen atoms in total. The van der Waals surface area contributed by atoms with Gasteiger partial charge in [0.25, 0.3) is 5.91 Å². The van der Waals surface area contributed by atoms with Gasteiger partial charge in [-0.25, -0.2) is 5.43 Å². The lowest BCUT2D eigenvalue weighted by Crippen LogP contribution is -2.42. The molecule has 1 atom stereocenters. The van der Waals surface area contributed by atoms with Crippen LogP contribution in [-0.4, -0.2) is 34.9 Å². The summed E-state index contributed by atoms with van der Waals surface area (Å²) in [6.07, 6.45) is 0.119. The van der Waals surface area contributed by atoms with Gasteiger partial charge in [-0.15, -0.1) is 0 Å². The van der Waals surface area contributed by atoms with Crippen LogP contribution in [0, 0.1) is 10.1 Å². The van der Waals surface area contributed by atoms with Gasteiger partial charge in [0.1, 0.15) is 6.61 Å². The first kappa shape index (κ1) is 21.4. The molecule has 0 bridgehead atoms. The smallest absolute Gasteiger partial charge is 0.312 e. The van der Waals surface area contributed by atoms with Crippen LogP contribution in [0.15, 0.2) is 35.4 Å². The lowest BCUT2D eigenvalue weighted by molar-refractivity contribution is -0.385. The molecule has 2 aromatic rings. The van der Waals surface area contributed by atoms with Crippen LogP contribution in [0.1, 0.15) is 31.9 Å². The van der Waals surface area contributed by atoms with Gasteiger partial charge in [-0.2, -0.15) is 5.10 Å². The molecular formula is C20H20ClN3O6. The maximum atomic E-state index is 12.4. The van der Waals surface area contributed by atoms with Crippen LogP contribution in [-0.2, 0) is 10.2 Å². The van der Waals surface area contributed by atoms with Crippen molar-refractivity contribution in [2.24, 2.45) is 5.10 Å². The van der Waals surface area contributed by atoms with E-state index in [1.165, 1.54) is 6.07 Å². The highest BCUT2D eigenvalue weighted by Crippen LogP contribution is 2.36. The number of rotatable bonds is 4. The van der Waals surface area contributed by atoms with Crippen LogP contribution in [0.4, 0.5) is 5.69 Å². The molecule has 1 amide bonds. The van der Waals surface area contributed by atoms with Crippen molar-refractivity contribution < 1.29 is 24.3 Å². The predicted molar refractivity (Wildman–Crippen MR) is 111 cm³/mol. The topological polar surface area (TPSA) is 123 Å². The number of hydrogen-bond acceptors (Lipinski definition) is 7. The van der Waals surface area contributed by atoms with E-state index in [4.69, 9.17) is 21.1 Å². The Hall–Kier alpha value is -3.33. The number of fused-ring (bicyclic) bond motifs is 1. The standard InChI is InChI=1S/C20H20ClN3O6/c1-20(2,3)12-4-5-15-16(7-12)30-17(10-29-15)19(26)23-22-9-11-6-13(21)8-14(18(11)25)24(27)28/h4-9,17,25H,10H2,1-3H3,(H,23,26)/b22-9+. The molecule has 2 aromatic carbocycles. The van der Waals surface area contributed by atoms with E-state index in [1.54, 1.807) is 6.07 Å². The Morgan fingerprint density at radius 3 is 2.73 bits per heavy atom. The first-order valence-electron chi connectivity index (χ1n) is 9.00. The van der Waals surface area contributed by atoms with Crippen LogP contribution in [0.2, 0.25) is 5.02 Å². The number of nitrogens with one attached hydrogen (secondary N) is 1. The lowest BCUT2D eigenvalue weighted by Gasteiger charge is -2.27. The highest BCUT2D eigenvalue weighted by atomic mass is 35.5. The number of amides is 1. The number of halogens is 1. The highest BCUT2D eigenvalue weighted by molar-refractivity contribution is 6.31. The second kappa shape index (κ2) is 8.19. The van der Waals surface area contributed by atoms with Gasteiger partial charge < -0.3 is 14.6 Å². The first-order chi connectivity index (χ1) is 14.1. The number of carbonyl (C=O) groups excluding carboxylic acids is 1.